The van der Waals surface area contributed by atoms with Crippen LogP contribution in [-0.4, -0.2) is 12.6 Å². The fraction of sp³-hybridized carbons (Fsp3) is 0.667. The number of nitrogens with one attached hydrogen (secondary N) is 1. The maximum atomic E-state index is 12.7. The van der Waals surface area contributed by atoms with Crippen molar-refractivity contribution in [3.05, 3.63) is 23.6 Å². The lowest BCUT2D eigenvalue weighted by Crippen LogP contribution is -2.19. The smallest absolute Gasteiger partial charge is 0.100 e. The summed E-state index contributed by atoms with van der Waals surface area (Å²) >= 11 is 0. The van der Waals surface area contributed by atoms with Crippen LogP contribution in [0.5, 0.6) is 0 Å². The van der Waals surface area contributed by atoms with Crippen LogP contribution in [0.2, 0.25) is 0 Å². The van der Waals surface area contributed by atoms with Crippen LogP contribution in [0, 0.1) is 5.92 Å². The van der Waals surface area contributed by atoms with Gasteiger partial charge in [0.2, 0.25) is 0 Å². The van der Waals surface area contributed by atoms with Gasteiger partial charge in [0.15, 0.2) is 0 Å². The second kappa shape index (κ2) is 4.26. The minimum Gasteiger partial charge on any atom is -0.313 e. The Balaban J connectivity index is 1.82. The molecule has 2 aliphatic carbocycles. The zero-order valence-corrected chi connectivity index (χ0v) is 8.72. The maximum absolute atomic E-state index is 12.7. The van der Waals surface area contributed by atoms with Gasteiger partial charge < -0.3 is 5.32 Å². The molecule has 2 atom stereocenters. The topological polar surface area (TPSA) is 12.0 Å². The van der Waals surface area contributed by atoms with Crippen molar-refractivity contribution in [2.24, 2.45) is 5.92 Å². The fourth-order valence-electron chi connectivity index (χ4n) is 2.10. The third-order valence-corrected chi connectivity index (χ3v) is 3.05. The first-order valence-electron chi connectivity index (χ1n) is 5.59. The van der Waals surface area contributed by atoms with Gasteiger partial charge in [-0.15, -0.1) is 0 Å². The minimum atomic E-state index is 0.0347. The van der Waals surface area contributed by atoms with Crippen molar-refractivity contribution >= 4 is 0 Å². The predicted octanol–water partition coefficient (Wildman–Crippen LogP) is 2.95. The lowest BCUT2D eigenvalue weighted by molar-refractivity contribution is 0.570. The van der Waals surface area contributed by atoms with Gasteiger partial charge in [-0.1, -0.05) is 18.6 Å². The van der Waals surface area contributed by atoms with Gasteiger partial charge in [-0.2, -0.15) is 0 Å². The molecule has 78 valence electrons. The van der Waals surface area contributed by atoms with Crippen LogP contribution in [0.4, 0.5) is 4.39 Å². The highest BCUT2D eigenvalue weighted by molar-refractivity contribution is 5.28. The average molecular weight is 195 g/mol. The Bertz CT molecular complexity index is 267. The molecule has 0 bridgehead atoms. The fourth-order valence-corrected chi connectivity index (χ4v) is 2.10. The van der Waals surface area contributed by atoms with Gasteiger partial charge in [0.1, 0.15) is 5.83 Å². The summed E-state index contributed by atoms with van der Waals surface area (Å²) in [4.78, 5) is 0. The van der Waals surface area contributed by atoms with Crippen LogP contribution in [0.3, 0.4) is 0 Å². The average Bonchev–Trinajstić information content (AvgIpc) is 2.95. The van der Waals surface area contributed by atoms with Crippen molar-refractivity contribution in [2.45, 2.75) is 38.6 Å². The van der Waals surface area contributed by atoms with Crippen molar-refractivity contribution in [3.8, 4) is 0 Å². The van der Waals surface area contributed by atoms with E-state index in [-0.39, 0.29) is 5.83 Å². The molecule has 2 rings (SSSR count). The van der Waals surface area contributed by atoms with Crippen LogP contribution < -0.4 is 5.32 Å². The molecule has 0 heterocycles. The first-order valence-corrected chi connectivity index (χ1v) is 5.59. The molecule has 0 aromatic rings. The predicted molar refractivity (Wildman–Crippen MR) is 56.7 cm³/mol. The van der Waals surface area contributed by atoms with Gasteiger partial charge in [-0.3, -0.25) is 0 Å². The number of hydrogen-bond donors (Lipinski definition) is 1. The Morgan fingerprint density at radius 2 is 2.29 bits per heavy atom. The van der Waals surface area contributed by atoms with Crippen molar-refractivity contribution in [1.82, 2.24) is 5.32 Å². The summed E-state index contributed by atoms with van der Waals surface area (Å²) in [6, 6.07) is 0.677. The molecule has 1 fully saturated rings. The monoisotopic (exact) mass is 195 g/mol. The van der Waals surface area contributed by atoms with E-state index in [4.69, 9.17) is 0 Å². The van der Waals surface area contributed by atoms with E-state index in [0.29, 0.717) is 18.4 Å². The van der Waals surface area contributed by atoms with Crippen LogP contribution in [-0.2, 0) is 0 Å². The highest BCUT2D eigenvalue weighted by Gasteiger charge is 2.38. The molecular weight excluding hydrogens is 177 g/mol. The van der Waals surface area contributed by atoms with Crippen LogP contribution >= 0.6 is 0 Å². The molecule has 1 nitrogen and oxygen atoms in total. The SMILES string of the molecule is CCCNC1CC1C1=CC=C(F)CC1. The summed E-state index contributed by atoms with van der Waals surface area (Å²) in [5.41, 5.74) is 1.44. The van der Waals surface area contributed by atoms with Crippen molar-refractivity contribution < 1.29 is 4.39 Å². The lowest BCUT2D eigenvalue weighted by Gasteiger charge is -2.10. The van der Waals surface area contributed by atoms with Gasteiger partial charge in [0.05, 0.1) is 0 Å². The third kappa shape index (κ3) is 2.24. The largest absolute Gasteiger partial charge is 0.313 e. The number of rotatable bonds is 4. The molecule has 0 radical (unpaired) electrons. The van der Waals surface area contributed by atoms with Crippen molar-refractivity contribution in [1.29, 1.82) is 0 Å². The van der Waals surface area contributed by atoms with E-state index in [2.05, 4.69) is 12.2 Å². The molecule has 0 saturated heterocycles. The zero-order chi connectivity index (χ0) is 9.97. The van der Waals surface area contributed by atoms with Crippen LogP contribution in [0.1, 0.15) is 32.6 Å². The summed E-state index contributed by atoms with van der Waals surface area (Å²) < 4.78 is 12.7. The van der Waals surface area contributed by atoms with E-state index < -0.39 is 0 Å². The summed E-state index contributed by atoms with van der Waals surface area (Å²) in [5, 5.41) is 3.51. The van der Waals surface area contributed by atoms with E-state index in [9.17, 15) is 4.39 Å². The van der Waals surface area contributed by atoms with Crippen LogP contribution in [0.15, 0.2) is 23.6 Å². The van der Waals surface area contributed by atoms with Gasteiger partial charge in [0, 0.05) is 12.5 Å². The van der Waals surface area contributed by atoms with Crippen molar-refractivity contribution in [2.75, 3.05) is 6.54 Å². The minimum absolute atomic E-state index is 0.0347. The molecule has 1 saturated carbocycles. The van der Waals surface area contributed by atoms with Crippen molar-refractivity contribution in [3.63, 3.8) is 0 Å². The van der Waals surface area contributed by atoms with Gasteiger partial charge in [-0.25, -0.2) is 4.39 Å². The molecule has 2 heteroatoms. The first kappa shape index (κ1) is 9.91. The molecule has 14 heavy (non-hydrogen) atoms. The second-order valence-corrected chi connectivity index (χ2v) is 4.26. The quantitative estimate of drug-likeness (QED) is 0.727. The molecule has 0 aromatic heterocycles. The Morgan fingerprint density at radius 3 is 2.93 bits per heavy atom. The number of halogens is 1. The van der Waals surface area contributed by atoms with Gasteiger partial charge >= 0.3 is 0 Å². The summed E-state index contributed by atoms with van der Waals surface area (Å²) in [6.07, 6.45) is 7.60. The molecule has 2 unspecified atom stereocenters. The van der Waals surface area contributed by atoms with E-state index in [0.717, 1.165) is 13.0 Å². The number of allylic oxidation sites excluding steroid dienone is 3. The second-order valence-electron chi connectivity index (χ2n) is 4.26. The molecule has 0 aromatic carbocycles. The summed E-state index contributed by atoms with van der Waals surface area (Å²) in [7, 11) is 0. The zero-order valence-electron chi connectivity index (χ0n) is 8.72. The van der Waals surface area contributed by atoms with Gasteiger partial charge in [-0.05, 0) is 37.8 Å². The standard InChI is InChI=1S/C12H18FN/c1-2-7-14-12-8-11(12)9-3-5-10(13)6-4-9/h3,5,11-12,14H,2,4,6-8H2,1H3. The van der Waals surface area contributed by atoms with E-state index in [1.165, 1.54) is 18.4 Å². The Labute approximate surface area is 85.1 Å². The number of hydrogen-bond acceptors (Lipinski definition) is 1. The molecule has 0 aliphatic heterocycles. The van der Waals surface area contributed by atoms with Crippen LogP contribution in [0.25, 0.3) is 0 Å². The lowest BCUT2D eigenvalue weighted by atomic mass is 10.00. The molecule has 2 aliphatic rings. The first-order chi connectivity index (χ1) is 6.81. The van der Waals surface area contributed by atoms with Gasteiger partial charge in [0.25, 0.3) is 0 Å². The summed E-state index contributed by atoms with van der Waals surface area (Å²) in [5.74, 6) is 0.735. The Kier molecular flexibility index (Phi) is 3.02. The summed E-state index contributed by atoms with van der Waals surface area (Å²) in [6.45, 7) is 3.29. The molecule has 0 amide bonds. The maximum Gasteiger partial charge on any atom is 0.100 e. The Morgan fingerprint density at radius 1 is 1.43 bits per heavy atom. The van der Waals surface area contributed by atoms with E-state index in [1.54, 1.807) is 6.08 Å². The molecule has 1 N–H and O–H groups in total. The Hall–Kier alpha value is -0.630. The molecule has 0 spiro atoms. The van der Waals surface area contributed by atoms with E-state index >= 15 is 0 Å². The normalized spacial score (nSPS) is 31.0. The highest BCUT2D eigenvalue weighted by Crippen LogP contribution is 2.41. The highest BCUT2D eigenvalue weighted by atomic mass is 19.1. The third-order valence-electron chi connectivity index (χ3n) is 3.05. The molecular formula is C12H18FN. The van der Waals surface area contributed by atoms with E-state index in [1.807, 2.05) is 6.08 Å².